The Morgan fingerprint density at radius 2 is 2.09 bits per heavy atom. The van der Waals surface area contributed by atoms with E-state index in [0.29, 0.717) is 10.8 Å². The van der Waals surface area contributed by atoms with Gasteiger partial charge in [-0.25, -0.2) is 5.10 Å². The van der Waals surface area contributed by atoms with Crippen molar-refractivity contribution in [3.8, 4) is 5.75 Å². The average Bonchev–Trinajstić information content (AvgIpc) is 2.85. The highest BCUT2D eigenvalue weighted by Gasteiger charge is 2.17. The zero-order chi connectivity index (χ0) is 16.1. The number of nitrogens with one attached hydrogen (secondary N) is 2. The molecule has 2 aromatic rings. The summed E-state index contributed by atoms with van der Waals surface area (Å²) in [6, 6.07) is 5.63. The second-order valence-corrected chi connectivity index (χ2v) is 5.46. The highest BCUT2D eigenvalue weighted by atomic mass is 32.2. The number of aromatic nitrogens is 3. The molecule has 0 fully saturated rings. The Morgan fingerprint density at radius 3 is 2.64 bits per heavy atom. The van der Waals surface area contributed by atoms with E-state index in [-0.39, 0.29) is 17.6 Å². The molecule has 10 heteroatoms. The summed E-state index contributed by atoms with van der Waals surface area (Å²) < 4.78 is 28.3. The maximum absolute atomic E-state index is 12.0. The molecule has 0 aliphatic carbocycles. The summed E-state index contributed by atoms with van der Waals surface area (Å²) in [6.45, 7) is -1.20. The minimum Gasteiger partial charge on any atom is -0.435 e. The zero-order valence-electron chi connectivity index (χ0n) is 11.4. The third kappa shape index (κ3) is 4.58. The summed E-state index contributed by atoms with van der Waals surface area (Å²) in [6.07, 6.45) is 0. The number of aromatic amines is 1. The van der Waals surface area contributed by atoms with Crippen LogP contribution in [0, 0.1) is 0 Å². The van der Waals surface area contributed by atoms with Crippen LogP contribution in [-0.2, 0) is 4.79 Å². The van der Waals surface area contributed by atoms with Gasteiger partial charge in [-0.05, 0) is 31.2 Å². The number of rotatable bonds is 6. The first kappa shape index (κ1) is 16.0. The second-order valence-electron chi connectivity index (χ2n) is 4.16. The summed E-state index contributed by atoms with van der Waals surface area (Å²) in [5.74, 6) is -0.0905. The molecule has 1 heterocycles. The summed E-state index contributed by atoms with van der Waals surface area (Å²) in [5.41, 5.74) is 5.86. The number of nitrogen functional groups attached to an aromatic ring is 1. The molecule has 1 aromatic heterocycles. The molecule has 2 rings (SSSR count). The lowest BCUT2D eigenvalue weighted by Crippen LogP contribution is -2.22. The van der Waals surface area contributed by atoms with Crippen LogP contribution >= 0.6 is 11.8 Å². The van der Waals surface area contributed by atoms with E-state index >= 15 is 0 Å². The third-order valence-electron chi connectivity index (χ3n) is 2.48. The third-order valence-corrected chi connectivity index (χ3v) is 3.44. The number of H-pyrrole nitrogens is 1. The van der Waals surface area contributed by atoms with Crippen molar-refractivity contribution in [1.82, 2.24) is 15.2 Å². The smallest absolute Gasteiger partial charge is 0.387 e. The Balaban J connectivity index is 1.90. The molecular formula is C12H13F2N5O2S. The van der Waals surface area contributed by atoms with Crippen LogP contribution in [0.15, 0.2) is 29.4 Å². The Kier molecular flexibility index (Phi) is 5.15. The number of nitrogens with two attached hydrogens (primary N) is 1. The fraction of sp³-hybridized carbons (Fsp3) is 0.250. The molecule has 0 saturated carbocycles. The van der Waals surface area contributed by atoms with Crippen molar-refractivity contribution >= 4 is 29.3 Å². The van der Waals surface area contributed by atoms with Gasteiger partial charge in [-0.2, -0.15) is 13.8 Å². The lowest BCUT2D eigenvalue weighted by atomic mass is 10.3. The van der Waals surface area contributed by atoms with Gasteiger partial charge in [0.05, 0.1) is 5.25 Å². The number of alkyl halides is 2. The van der Waals surface area contributed by atoms with Crippen LogP contribution in [0.4, 0.5) is 20.4 Å². The molecule has 0 aliphatic rings. The quantitative estimate of drug-likeness (QED) is 0.701. The molecular weight excluding hydrogens is 316 g/mol. The van der Waals surface area contributed by atoms with Gasteiger partial charge in [0.15, 0.2) is 0 Å². The maximum atomic E-state index is 12.0. The van der Waals surface area contributed by atoms with Crippen molar-refractivity contribution < 1.29 is 18.3 Å². The first-order valence-electron chi connectivity index (χ1n) is 6.14. The molecule has 1 atom stereocenters. The number of halogens is 2. The van der Waals surface area contributed by atoms with E-state index in [2.05, 4.69) is 25.2 Å². The molecule has 1 amide bonds. The number of thioether (sulfide) groups is 1. The Morgan fingerprint density at radius 1 is 1.41 bits per heavy atom. The minimum absolute atomic E-state index is 0.0200. The molecule has 4 N–H and O–H groups in total. The van der Waals surface area contributed by atoms with Crippen LogP contribution in [0.25, 0.3) is 0 Å². The second kappa shape index (κ2) is 7.07. The number of benzene rings is 1. The molecule has 0 saturated heterocycles. The maximum Gasteiger partial charge on any atom is 0.387 e. The fourth-order valence-electron chi connectivity index (χ4n) is 1.49. The van der Waals surface area contributed by atoms with Crippen molar-refractivity contribution in [2.75, 3.05) is 11.1 Å². The lowest BCUT2D eigenvalue weighted by molar-refractivity contribution is -0.115. The summed E-state index contributed by atoms with van der Waals surface area (Å²) in [4.78, 5) is 15.9. The molecule has 22 heavy (non-hydrogen) atoms. The SMILES string of the molecule is C[C@@H](Sc1n[nH]c(N)n1)C(=O)Nc1ccc(OC(F)F)cc1. The van der Waals surface area contributed by atoms with Crippen molar-refractivity contribution in [3.63, 3.8) is 0 Å². The lowest BCUT2D eigenvalue weighted by Gasteiger charge is -2.11. The van der Waals surface area contributed by atoms with Gasteiger partial charge in [-0.1, -0.05) is 11.8 Å². The first-order chi connectivity index (χ1) is 10.4. The average molecular weight is 329 g/mol. The van der Waals surface area contributed by atoms with Gasteiger partial charge in [-0.3, -0.25) is 4.79 Å². The van der Waals surface area contributed by atoms with Crippen LogP contribution < -0.4 is 15.8 Å². The summed E-state index contributed by atoms with van der Waals surface area (Å²) in [7, 11) is 0. The van der Waals surface area contributed by atoms with E-state index in [1.807, 2.05) is 0 Å². The van der Waals surface area contributed by atoms with Crippen molar-refractivity contribution in [2.45, 2.75) is 23.9 Å². The number of ether oxygens (including phenoxy) is 1. The van der Waals surface area contributed by atoms with Crippen molar-refractivity contribution in [1.29, 1.82) is 0 Å². The summed E-state index contributed by atoms with van der Waals surface area (Å²) in [5, 5.41) is 8.84. The Labute approximate surface area is 128 Å². The van der Waals surface area contributed by atoms with Gasteiger partial charge in [0.2, 0.25) is 17.0 Å². The van der Waals surface area contributed by atoms with E-state index in [0.717, 1.165) is 11.8 Å². The van der Waals surface area contributed by atoms with Gasteiger partial charge in [0.1, 0.15) is 5.75 Å². The normalized spacial score (nSPS) is 12.2. The molecule has 7 nitrogen and oxygen atoms in total. The highest BCUT2D eigenvalue weighted by Crippen LogP contribution is 2.22. The van der Waals surface area contributed by atoms with Gasteiger partial charge >= 0.3 is 6.61 Å². The number of anilines is 2. The van der Waals surface area contributed by atoms with Crippen LogP contribution in [0.5, 0.6) is 5.75 Å². The molecule has 0 radical (unpaired) electrons. The van der Waals surface area contributed by atoms with E-state index in [1.165, 1.54) is 24.3 Å². The topological polar surface area (TPSA) is 106 Å². The van der Waals surface area contributed by atoms with Crippen LogP contribution in [-0.4, -0.2) is 32.9 Å². The molecule has 118 valence electrons. The highest BCUT2D eigenvalue weighted by molar-refractivity contribution is 8.00. The number of amides is 1. The zero-order valence-corrected chi connectivity index (χ0v) is 12.2. The van der Waals surface area contributed by atoms with Gasteiger partial charge < -0.3 is 15.8 Å². The fourth-order valence-corrected chi connectivity index (χ4v) is 2.22. The number of nitrogens with zero attached hydrogens (tertiary/aromatic N) is 2. The number of hydrogen-bond donors (Lipinski definition) is 3. The minimum atomic E-state index is -2.88. The van der Waals surface area contributed by atoms with Crippen LogP contribution in [0.1, 0.15) is 6.92 Å². The van der Waals surface area contributed by atoms with Gasteiger partial charge in [0, 0.05) is 5.69 Å². The molecule has 0 spiro atoms. The number of hydrogen-bond acceptors (Lipinski definition) is 6. The van der Waals surface area contributed by atoms with Gasteiger partial charge in [0.25, 0.3) is 0 Å². The van der Waals surface area contributed by atoms with E-state index in [4.69, 9.17) is 5.73 Å². The predicted octanol–water partition coefficient (Wildman–Crippen LogP) is 2.11. The Hall–Kier alpha value is -2.36. The molecule has 0 unspecified atom stereocenters. The predicted molar refractivity (Wildman–Crippen MR) is 77.8 cm³/mol. The van der Waals surface area contributed by atoms with E-state index in [1.54, 1.807) is 6.92 Å². The monoisotopic (exact) mass is 329 g/mol. The molecule has 0 aliphatic heterocycles. The van der Waals surface area contributed by atoms with Crippen LogP contribution in [0.3, 0.4) is 0 Å². The van der Waals surface area contributed by atoms with Gasteiger partial charge in [-0.15, -0.1) is 5.10 Å². The first-order valence-corrected chi connectivity index (χ1v) is 7.02. The number of carbonyl (C=O) groups excluding carboxylic acids is 1. The van der Waals surface area contributed by atoms with E-state index < -0.39 is 11.9 Å². The summed E-state index contributed by atoms with van der Waals surface area (Å²) >= 11 is 1.13. The van der Waals surface area contributed by atoms with E-state index in [9.17, 15) is 13.6 Å². The Bertz CT molecular complexity index is 635. The standard InChI is InChI=1S/C12H13F2N5O2S/c1-6(22-12-17-11(15)18-19-12)9(20)16-7-2-4-8(5-3-7)21-10(13)14/h2-6,10H,1H3,(H,16,20)(H3,15,17,18,19)/t6-/m1/s1. The molecule has 0 bridgehead atoms. The number of carbonyl (C=O) groups is 1. The van der Waals surface area contributed by atoms with Crippen molar-refractivity contribution in [3.05, 3.63) is 24.3 Å². The van der Waals surface area contributed by atoms with Crippen molar-refractivity contribution in [2.24, 2.45) is 0 Å². The largest absolute Gasteiger partial charge is 0.435 e. The molecule has 1 aromatic carbocycles. The van der Waals surface area contributed by atoms with Crippen LogP contribution in [0.2, 0.25) is 0 Å².